The lowest BCUT2D eigenvalue weighted by Crippen LogP contribution is -2.15. The van der Waals surface area contributed by atoms with Crippen LogP contribution in [0.2, 0.25) is 0 Å². The van der Waals surface area contributed by atoms with Gasteiger partial charge in [-0.2, -0.15) is 0 Å². The highest BCUT2D eigenvalue weighted by molar-refractivity contribution is 6.02. The summed E-state index contributed by atoms with van der Waals surface area (Å²) in [6, 6.07) is 20.2. The molecule has 0 heterocycles. The fourth-order valence-corrected chi connectivity index (χ4v) is 3.62. The summed E-state index contributed by atoms with van der Waals surface area (Å²) in [5.74, 6) is 0. The molecule has 0 fully saturated rings. The van der Waals surface area contributed by atoms with Gasteiger partial charge < -0.3 is 0 Å². The zero-order chi connectivity index (χ0) is 13.9. The Hall–Kier alpha value is -2.08. The minimum atomic E-state index is 0.0979. The van der Waals surface area contributed by atoms with Crippen molar-refractivity contribution in [3.05, 3.63) is 71.3 Å². The van der Waals surface area contributed by atoms with Gasteiger partial charge in [-0.25, -0.2) is 0 Å². The van der Waals surface area contributed by atoms with Crippen molar-refractivity contribution in [3.8, 4) is 11.1 Å². The number of rotatable bonds is 0. The van der Waals surface area contributed by atoms with Crippen molar-refractivity contribution in [1.82, 2.24) is 0 Å². The molecule has 0 saturated heterocycles. The van der Waals surface area contributed by atoms with Crippen LogP contribution in [0.5, 0.6) is 0 Å². The minimum Gasteiger partial charge on any atom is -0.0616 e. The lowest BCUT2D eigenvalue weighted by Gasteiger charge is -2.21. The Morgan fingerprint density at radius 1 is 0.800 bits per heavy atom. The Balaban J connectivity index is 2.20. The van der Waals surface area contributed by atoms with E-state index < -0.39 is 0 Å². The first kappa shape index (κ1) is 11.7. The number of aryl methyl sites for hydroxylation is 1. The summed E-state index contributed by atoms with van der Waals surface area (Å²) in [6.45, 7) is 6.86. The van der Waals surface area contributed by atoms with Gasteiger partial charge in [0.15, 0.2) is 0 Å². The van der Waals surface area contributed by atoms with Crippen LogP contribution in [0.4, 0.5) is 0 Å². The summed E-state index contributed by atoms with van der Waals surface area (Å²) in [5, 5.41) is 2.70. The quantitative estimate of drug-likeness (QED) is 0.502. The predicted molar refractivity (Wildman–Crippen MR) is 86.2 cm³/mol. The molecule has 0 unspecified atom stereocenters. The van der Waals surface area contributed by atoms with Crippen molar-refractivity contribution < 1.29 is 0 Å². The second-order valence-corrected chi connectivity index (χ2v) is 6.38. The third-order valence-corrected chi connectivity index (χ3v) is 4.72. The van der Waals surface area contributed by atoms with E-state index in [0.717, 1.165) is 0 Å². The van der Waals surface area contributed by atoms with E-state index in [2.05, 4.69) is 75.4 Å². The van der Waals surface area contributed by atoms with Crippen LogP contribution in [-0.2, 0) is 5.41 Å². The number of fused-ring (bicyclic) bond motifs is 5. The van der Waals surface area contributed by atoms with Crippen molar-refractivity contribution >= 4 is 10.8 Å². The van der Waals surface area contributed by atoms with Gasteiger partial charge in [0, 0.05) is 5.41 Å². The van der Waals surface area contributed by atoms with Crippen LogP contribution < -0.4 is 0 Å². The molecule has 0 spiro atoms. The van der Waals surface area contributed by atoms with Crippen molar-refractivity contribution in [1.29, 1.82) is 0 Å². The van der Waals surface area contributed by atoms with Gasteiger partial charge in [-0.3, -0.25) is 0 Å². The minimum absolute atomic E-state index is 0.0979. The Morgan fingerprint density at radius 3 is 2.45 bits per heavy atom. The van der Waals surface area contributed by atoms with Crippen LogP contribution in [0.25, 0.3) is 21.9 Å². The summed E-state index contributed by atoms with van der Waals surface area (Å²) >= 11 is 0. The first-order chi connectivity index (χ1) is 9.59. The maximum Gasteiger partial charge on any atom is 0.0159 e. The molecule has 0 aromatic heterocycles. The van der Waals surface area contributed by atoms with Crippen LogP contribution >= 0.6 is 0 Å². The van der Waals surface area contributed by atoms with E-state index >= 15 is 0 Å². The molecule has 0 N–H and O–H groups in total. The molecule has 0 atom stereocenters. The summed E-state index contributed by atoms with van der Waals surface area (Å²) in [7, 11) is 0. The Morgan fingerprint density at radius 2 is 1.60 bits per heavy atom. The van der Waals surface area contributed by atoms with E-state index in [0.29, 0.717) is 0 Å². The van der Waals surface area contributed by atoms with Gasteiger partial charge >= 0.3 is 0 Å². The van der Waals surface area contributed by atoms with E-state index in [1.165, 1.54) is 38.6 Å². The molecule has 0 bridgehead atoms. The summed E-state index contributed by atoms with van der Waals surface area (Å²) < 4.78 is 0. The average molecular weight is 258 g/mol. The molecule has 1 aliphatic rings. The van der Waals surface area contributed by atoms with Crippen molar-refractivity contribution in [2.45, 2.75) is 26.2 Å². The van der Waals surface area contributed by atoms with E-state index in [1.807, 2.05) is 0 Å². The molecule has 0 amide bonds. The second kappa shape index (κ2) is 3.73. The van der Waals surface area contributed by atoms with E-state index in [4.69, 9.17) is 0 Å². The molecule has 98 valence electrons. The van der Waals surface area contributed by atoms with Gasteiger partial charge in [0.1, 0.15) is 0 Å². The highest BCUT2D eigenvalue weighted by Crippen LogP contribution is 2.51. The Labute approximate surface area is 120 Å². The van der Waals surface area contributed by atoms with Crippen LogP contribution in [0.15, 0.2) is 54.6 Å². The molecule has 1 aliphatic carbocycles. The Kier molecular flexibility index (Phi) is 2.18. The van der Waals surface area contributed by atoms with Gasteiger partial charge in [-0.05, 0) is 39.9 Å². The highest BCUT2D eigenvalue weighted by Gasteiger charge is 2.36. The van der Waals surface area contributed by atoms with Crippen molar-refractivity contribution in [2.75, 3.05) is 0 Å². The molecule has 3 aromatic carbocycles. The average Bonchev–Trinajstić information content (AvgIpc) is 2.68. The van der Waals surface area contributed by atoms with Gasteiger partial charge in [0.05, 0.1) is 0 Å². The number of benzene rings is 3. The van der Waals surface area contributed by atoms with Gasteiger partial charge in [-0.15, -0.1) is 0 Å². The van der Waals surface area contributed by atoms with Gasteiger partial charge in [-0.1, -0.05) is 74.0 Å². The predicted octanol–water partition coefficient (Wildman–Crippen LogP) is 5.45. The van der Waals surface area contributed by atoms with Crippen molar-refractivity contribution in [3.63, 3.8) is 0 Å². The van der Waals surface area contributed by atoms with Gasteiger partial charge in [0.25, 0.3) is 0 Å². The lowest BCUT2D eigenvalue weighted by molar-refractivity contribution is 0.660. The fraction of sp³-hybridized carbons (Fsp3) is 0.200. The third-order valence-electron chi connectivity index (χ3n) is 4.72. The molecular weight excluding hydrogens is 240 g/mol. The third kappa shape index (κ3) is 1.37. The zero-order valence-electron chi connectivity index (χ0n) is 12.2. The number of hydrogen-bond donors (Lipinski definition) is 0. The van der Waals surface area contributed by atoms with E-state index in [9.17, 15) is 0 Å². The Bertz CT molecular complexity index is 838. The maximum absolute atomic E-state index is 2.35. The highest BCUT2D eigenvalue weighted by atomic mass is 14.4. The monoisotopic (exact) mass is 258 g/mol. The zero-order valence-corrected chi connectivity index (χ0v) is 12.2. The molecule has 3 aromatic rings. The standard InChI is InChI=1S/C20H18/c1-13-8-10-16-18(12-13)20(2,3)17-11-9-14-6-4-5-7-15(14)19(16)17/h4-12H,1-3H3. The number of hydrogen-bond acceptors (Lipinski definition) is 0. The van der Waals surface area contributed by atoms with Crippen LogP contribution in [0, 0.1) is 6.92 Å². The summed E-state index contributed by atoms with van der Waals surface area (Å²) in [5.41, 5.74) is 7.20. The van der Waals surface area contributed by atoms with Crippen LogP contribution in [0.1, 0.15) is 30.5 Å². The first-order valence-corrected chi connectivity index (χ1v) is 7.23. The molecular formula is C20H18. The molecule has 0 saturated carbocycles. The first-order valence-electron chi connectivity index (χ1n) is 7.23. The largest absolute Gasteiger partial charge is 0.0616 e. The SMILES string of the molecule is Cc1ccc2c(c1)C(C)(C)c1ccc3ccccc3c1-2. The van der Waals surface area contributed by atoms with Crippen LogP contribution in [0.3, 0.4) is 0 Å². The normalized spacial score (nSPS) is 15.2. The molecule has 0 radical (unpaired) electrons. The van der Waals surface area contributed by atoms with E-state index in [1.54, 1.807) is 0 Å². The molecule has 0 nitrogen and oxygen atoms in total. The molecule has 4 rings (SSSR count). The summed E-state index contributed by atoms with van der Waals surface area (Å²) in [6.07, 6.45) is 0. The molecule has 20 heavy (non-hydrogen) atoms. The molecule has 0 heteroatoms. The topological polar surface area (TPSA) is 0 Å². The maximum atomic E-state index is 2.35. The summed E-state index contributed by atoms with van der Waals surface area (Å²) in [4.78, 5) is 0. The second-order valence-electron chi connectivity index (χ2n) is 6.38. The van der Waals surface area contributed by atoms with Gasteiger partial charge in [0.2, 0.25) is 0 Å². The fourth-order valence-electron chi connectivity index (χ4n) is 3.62. The van der Waals surface area contributed by atoms with Crippen LogP contribution in [-0.4, -0.2) is 0 Å². The van der Waals surface area contributed by atoms with Crippen molar-refractivity contribution in [2.24, 2.45) is 0 Å². The lowest BCUT2D eigenvalue weighted by atomic mass is 9.81. The smallest absolute Gasteiger partial charge is 0.0159 e. The molecule has 0 aliphatic heterocycles. The van der Waals surface area contributed by atoms with E-state index in [-0.39, 0.29) is 5.41 Å².